The Labute approximate surface area is 131 Å². The Hall–Kier alpha value is -1.72. The fourth-order valence-electron chi connectivity index (χ4n) is 2.89. The largest absolute Gasteiger partial charge is 0.338 e. The van der Waals surface area contributed by atoms with Crippen molar-refractivity contribution >= 4 is 0 Å². The molecule has 1 aromatic carbocycles. The molecule has 1 fully saturated rings. The van der Waals surface area contributed by atoms with Crippen molar-refractivity contribution in [2.45, 2.75) is 26.3 Å². The van der Waals surface area contributed by atoms with Crippen molar-refractivity contribution in [2.75, 3.05) is 33.2 Å². The first-order valence-electron chi connectivity index (χ1n) is 7.90. The zero-order chi connectivity index (χ0) is 15.5. The molecule has 22 heavy (non-hydrogen) atoms. The third-order valence-electron chi connectivity index (χ3n) is 4.40. The molecule has 1 atom stereocenters. The lowest BCUT2D eigenvalue weighted by Gasteiger charge is -2.37. The molecular formula is C17H24N4O. The Morgan fingerprint density at radius 2 is 1.95 bits per heavy atom. The van der Waals surface area contributed by atoms with Crippen molar-refractivity contribution in [1.82, 2.24) is 19.9 Å². The molecule has 0 radical (unpaired) electrons. The maximum Gasteiger partial charge on any atom is 0.245 e. The van der Waals surface area contributed by atoms with Crippen LogP contribution < -0.4 is 0 Å². The van der Waals surface area contributed by atoms with Gasteiger partial charge in [-0.1, -0.05) is 35.0 Å². The quantitative estimate of drug-likeness (QED) is 0.866. The van der Waals surface area contributed by atoms with Crippen LogP contribution >= 0.6 is 0 Å². The van der Waals surface area contributed by atoms with E-state index < -0.39 is 0 Å². The van der Waals surface area contributed by atoms with Crippen LogP contribution in [0.25, 0.3) is 0 Å². The predicted molar refractivity (Wildman–Crippen MR) is 85.7 cm³/mol. The number of nitrogens with zero attached hydrogens (tertiary/aromatic N) is 4. The van der Waals surface area contributed by atoms with Crippen LogP contribution in [0.1, 0.15) is 28.9 Å². The van der Waals surface area contributed by atoms with Crippen LogP contribution in [0.15, 0.2) is 28.8 Å². The average molecular weight is 300 g/mol. The zero-order valence-corrected chi connectivity index (χ0v) is 13.6. The Morgan fingerprint density at radius 3 is 2.64 bits per heavy atom. The fourth-order valence-corrected chi connectivity index (χ4v) is 2.89. The summed E-state index contributed by atoms with van der Waals surface area (Å²) < 4.78 is 5.37. The Morgan fingerprint density at radius 1 is 1.18 bits per heavy atom. The second-order valence-corrected chi connectivity index (χ2v) is 6.21. The van der Waals surface area contributed by atoms with Gasteiger partial charge in [0.05, 0.1) is 0 Å². The molecule has 118 valence electrons. The van der Waals surface area contributed by atoms with Gasteiger partial charge in [-0.05, 0) is 32.9 Å². The summed E-state index contributed by atoms with van der Waals surface area (Å²) in [6.07, 6.45) is 1.08. The predicted octanol–water partition coefficient (Wildman–Crippen LogP) is 2.22. The van der Waals surface area contributed by atoms with E-state index in [2.05, 4.69) is 58.2 Å². The van der Waals surface area contributed by atoms with Crippen LogP contribution in [0, 0.1) is 13.8 Å². The fraction of sp³-hybridized carbons (Fsp3) is 0.529. The maximum absolute atomic E-state index is 5.37. The molecule has 0 aliphatic carbocycles. The lowest BCUT2D eigenvalue weighted by Crippen LogP contribution is -2.47. The number of hydrogen-bond donors (Lipinski definition) is 0. The topological polar surface area (TPSA) is 45.4 Å². The van der Waals surface area contributed by atoms with E-state index in [1.54, 1.807) is 0 Å². The van der Waals surface area contributed by atoms with Crippen LogP contribution in [-0.4, -0.2) is 53.2 Å². The van der Waals surface area contributed by atoms with Gasteiger partial charge in [-0.15, -0.1) is 0 Å². The van der Waals surface area contributed by atoms with Crippen molar-refractivity contribution < 1.29 is 4.52 Å². The SMILES string of the molecule is Cc1ccc(CCN2CCN(C)C(c3nc(C)no3)C2)cc1. The zero-order valence-electron chi connectivity index (χ0n) is 13.6. The number of aryl methyl sites for hydroxylation is 2. The number of piperazine rings is 1. The van der Waals surface area contributed by atoms with Crippen LogP contribution in [0.2, 0.25) is 0 Å². The second kappa shape index (κ2) is 6.58. The molecular weight excluding hydrogens is 276 g/mol. The van der Waals surface area contributed by atoms with E-state index in [9.17, 15) is 0 Å². The van der Waals surface area contributed by atoms with Gasteiger partial charge in [0.25, 0.3) is 0 Å². The number of likely N-dealkylation sites (N-methyl/N-ethyl adjacent to an activating group) is 1. The number of aromatic nitrogens is 2. The molecule has 0 bridgehead atoms. The number of benzene rings is 1. The molecule has 5 nitrogen and oxygen atoms in total. The minimum absolute atomic E-state index is 0.202. The molecule has 0 amide bonds. The molecule has 1 aliphatic heterocycles. The monoisotopic (exact) mass is 300 g/mol. The highest BCUT2D eigenvalue weighted by Crippen LogP contribution is 2.22. The standard InChI is InChI=1S/C17H24N4O/c1-13-4-6-15(7-5-13)8-9-21-11-10-20(3)16(12-21)17-18-14(2)19-22-17/h4-7,16H,8-12H2,1-3H3. The smallest absolute Gasteiger partial charge is 0.245 e. The normalized spacial score (nSPS) is 20.4. The molecule has 1 unspecified atom stereocenters. The van der Waals surface area contributed by atoms with Gasteiger partial charge in [-0.25, -0.2) is 0 Å². The van der Waals surface area contributed by atoms with Crippen molar-refractivity contribution in [1.29, 1.82) is 0 Å². The Balaban J connectivity index is 1.59. The van der Waals surface area contributed by atoms with Gasteiger partial charge in [0, 0.05) is 26.2 Å². The van der Waals surface area contributed by atoms with E-state index in [1.807, 2.05) is 6.92 Å². The van der Waals surface area contributed by atoms with Gasteiger partial charge in [-0.3, -0.25) is 9.80 Å². The molecule has 2 aromatic rings. The van der Waals surface area contributed by atoms with E-state index in [0.717, 1.165) is 38.5 Å². The van der Waals surface area contributed by atoms with E-state index >= 15 is 0 Å². The van der Waals surface area contributed by atoms with Crippen LogP contribution in [0.5, 0.6) is 0 Å². The van der Waals surface area contributed by atoms with E-state index in [0.29, 0.717) is 5.82 Å². The molecule has 1 aromatic heterocycles. The van der Waals surface area contributed by atoms with Gasteiger partial charge in [0.2, 0.25) is 5.89 Å². The van der Waals surface area contributed by atoms with Gasteiger partial charge in [0.1, 0.15) is 6.04 Å². The molecule has 0 saturated carbocycles. The summed E-state index contributed by atoms with van der Waals surface area (Å²) in [5, 5.41) is 3.92. The van der Waals surface area contributed by atoms with Crippen LogP contribution in [0.3, 0.4) is 0 Å². The molecule has 5 heteroatoms. The summed E-state index contributed by atoms with van der Waals surface area (Å²) in [7, 11) is 2.13. The third-order valence-corrected chi connectivity index (χ3v) is 4.40. The van der Waals surface area contributed by atoms with Crippen molar-refractivity contribution in [3.63, 3.8) is 0 Å². The van der Waals surface area contributed by atoms with Crippen LogP contribution in [-0.2, 0) is 6.42 Å². The lowest BCUT2D eigenvalue weighted by molar-refractivity contribution is 0.0767. The van der Waals surface area contributed by atoms with Gasteiger partial charge >= 0.3 is 0 Å². The summed E-state index contributed by atoms with van der Waals surface area (Å²) in [6, 6.07) is 9.02. The first-order chi connectivity index (χ1) is 10.6. The van der Waals surface area contributed by atoms with Crippen LogP contribution in [0.4, 0.5) is 0 Å². The molecule has 1 aliphatic rings. The first-order valence-corrected chi connectivity index (χ1v) is 7.90. The molecule has 1 saturated heterocycles. The van der Waals surface area contributed by atoms with Crippen molar-refractivity contribution in [3.8, 4) is 0 Å². The highest BCUT2D eigenvalue weighted by Gasteiger charge is 2.29. The highest BCUT2D eigenvalue weighted by molar-refractivity contribution is 5.21. The molecule has 3 rings (SSSR count). The van der Waals surface area contributed by atoms with Crippen molar-refractivity contribution in [2.24, 2.45) is 0 Å². The Kier molecular flexibility index (Phi) is 4.55. The summed E-state index contributed by atoms with van der Waals surface area (Å²) in [4.78, 5) is 9.19. The Bertz CT molecular complexity index is 607. The lowest BCUT2D eigenvalue weighted by atomic mass is 10.1. The van der Waals surface area contributed by atoms with Gasteiger partial charge < -0.3 is 4.52 Å². The van der Waals surface area contributed by atoms with Crippen molar-refractivity contribution in [3.05, 3.63) is 47.1 Å². The maximum atomic E-state index is 5.37. The minimum atomic E-state index is 0.202. The van der Waals surface area contributed by atoms with E-state index in [1.165, 1.54) is 11.1 Å². The summed E-state index contributed by atoms with van der Waals surface area (Å²) in [5.41, 5.74) is 2.71. The first kappa shape index (κ1) is 15.2. The summed E-state index contributed by atoms with van der Waals surface area (Å²) in [6.45, 7) is 8.13. The number of hydrogen-bond acceptors (Lipinski definition) is 5. The minimum Gasteiger partial charge on any atom is -0.338 e. The molecule has 0 spiro atoms. The summed E-state index contributed by atoms with van der Waals surface area (Å²) in [5.74, 6) is 1.44. The van der Waals surface area contributed by atoms with Gasteiger partial charge in [-0.2, -0.15) is 4.98 Å². The average Bonchev–Trinajstić information content (AvgIpc) is 2.94. The van der Waals surface area contributed by atoms with E-state index in [-0.39, 0.29) is 6.04 Å². The number of rotatable bonds is 4. The van der Waals surface area contributed by atoms with Gasteiger partial charge in [0.15, 0.2) is 5.82 Å². The highest BCUT2D eigenvalue weighted by atomic mass is 16.5. The van der Waals surface area contributed by atoms with E-state index in [4.69, 9.17) is 4.52 Å². The third kappa shape index (κ3) is 3.54. The molecule has 0 N–H and O–H groups in total. The second-order valence-electron chi connectivity index (χ2n) is 6.21. The molecule has 2 heterocycles. The summed E-state index contributed by atoms with van der Waals surface area (Å²) >= 11 is 0.